The zero-order valence-electron chi connectivity index (χ0n) is 9.82. The van der Waals surface area contributed by atoms with Gasteiger partial charge in [0.1, 0.15) is 0 Å². The molecule has 0 radical (unpaired) electrons. The van der Waals surface area contributed by atoms with Gasteiger partial charge in [-0.05, 0) is 12.6 Å². The molecule has 4 nitrogen and oxygen atoms in total. The fourth-order valence-corrected chi connectivity index (χ4v) is 1.12. The average molecular weight is 212 g/mol. The average Bonchev–Trinajstić information content (AvgIpc) is 2.21. The minimum atomic E-state index is -0.0246. The van der Waals surface area contributed by atoms with E-state index in [1.54, 1.807) is 18.1 Å². The molecule has 86 valence electrons. The number of hydrogen-bond acceptors (Lipinski definition) is 2. The third kappa shape index (κ3) is 5.20. The van der Waals surface area contributed by atoms with E-state index >= 15 is 0 Å². The first-order valence-corrected chi connectivity index (χ1v) is 5.16. The van der Waals surface area contributed by atoms with Gasteiger partial charge in [-0.1, -0.05) is 13.5 Å². The molecule has 0 saturated carbocycles. The second-order valence-electron chi connectivity index (χ2n) is 3.46. The molecule has 0 atom stereocenters. The minimum Gasteiger partial charge on any atom is -0.345 e. The molecule has 0 N–H and O–H groups in total. The van der Waals surface area contributed by atoms with Gasteiger partial charge in [0, 0.05) is 33.5 Å². The fourth-order valence-electron chi connectivity index (χ4n) is 1.12. The van der Waals surface area contributed by atoms with Crippen molar-refractivity contribution < 1.29 is 9.59 Å². The van der Waals surface area contributed by atoms with Crippen LogP contribution in [0, 0.1) is 0 Å². The Kier molecular flexibility index (Phi) is 6.42. The fraction of sp³-hybridized carbons (Fsp3) is 0.636. The van der Waals surface area contributed by atoms with Crippen molar-refractivity contribution in [3.8, 4) is 0 Å². The molecule has 15 heavy (non-hydrogen) atoms. The lowest BCUT2D eigenvalue weighted by atomic mass is 10.3. The van der Waals surface area contributed by atoms with E-state index in [1.807, 2.05) is 6.92 Å². The van der Waals surface area contributed by atoms with E-state index in [0.29, 0.717) is 19.5 Å². The highest BCUT2D eigenvalue weighted by atomic mass is 16.2. The van der Waals surface area contributed by atoms with Gasteiger partial charge >= 0.3 is 0 Å². The Morgan fingerprint density at radius 3 is 2.33 bits per heavy atom. The molecule has 0 aliphatic carbocycles. The van der Waals surface area contributed by atoms with E-state index in [-0.39, 0.29) is 11.8 Å². The van der Waals surface area contributed by atoms with Crippen molar-refractivity contribution in [1.82, 2.24) is 9.80 Å². The van der Waals surface area contributed by atoms with Crippen LogP contribution in [0.25, 0.3) is 0 Å². The summed E-state index contributed by atoms with van der Waals surface area (Å²) in [5, 5.41) is 0. The molecule has 0 unspecified atom stereocenters. The minimum absolute atomic E-state index is 0.0138. The lowest BCUT2D eigenvalue weighted by Gasteiger charge is -2.19. The van der Waals surface area contributed by atoms with Gasteiger partial charge < -0.3 is 9.80 Å². The van der Waals surface area contributed by atoms with Crippen molar-refractivity contribution in [2.45, 2.75) is 26.7 Å². The summed E-state index contributed by atoms with van der Waals surface area (Å²) in [6.45, 7) is 8.23. The zero-order chi connectivity index (χ0) is 11.8. The molecule has 0 fully saturated rings. The third-order valence-corrected chi connectivity index (χ3v) is 2.20. The molecular formula is C11H20N2O2. The van der Waals surface area contributed by atoms with Crippen LogP contribution in [0.1, 0.15) is 26.7 Å². The number of carbonyl (C=O) groups excluding carboxylic acids is 2. The molecule has 4 heteroatoms. The largest absolute Gasteiger partial charge is 0.345 e. The highest BCUT2D eigenvalue weighted by Gasteiger charge is 2.11. The first-order valence-electron chi connectivity index (χ1n) is 5.16. The molecule has 0 saturated heterocycles. The van der Waals surface area contributed by atoms with E-state index < -0.39 is 0 Å². The van der Waals surface area contributed by atoms with Gasteiger partial charge in [0.25, 0.3) is 0 Å². The quantitative estimate of drug-likeness (QED) is 0.664. The summed E-state index contributed by atoms with van der Waals surface area (Å²) in [5.74, 6) is -0.0107. The summed E-state index contributed by atoms with van der Waals surface area (Å²) < 4.78 is 0. The molecule has 0 aromatic carbocycles. The molecule has 0 bridgehead atoms. The van der Waals surface area contributed by atoms with E-state index in [0.717, 1.165) is 6.42 Å². The molecule has 0 aliphatic rings. The van der Waals surface area contributed by atoms with Crippen LogP contribution in [0.15, 0.2) is 12.8 Å². The van der Waals surface area contributed by atoms with Crippen LogP contribution in [0.3, 0.4) is 0 Å². The number of hydrogen-bond donors (Lipinski definition) is 0. The van der Waals surface area contributed by atoms with Crippen molar-refractivity contribution in [2.24, 2.45) is 0 Å². The number of rotatable bonds is 6. The Balaban J connectivity index is 4.00. The summed E-state index contributed by atoms with van der Waals surface area (Å²) in [5.41, 5.74) is 0. The van der Waals surface area contributed by atoms with Crippen LogP contribution < -0.4 is 0 Å². The molecule has 2 amide bonds. The van der Waals surface area contributed by atoms with Crippen LogP contribution in [0.4, 0.5) is 0 Å². The van der Waals surface area contributed by atoms with E-state index in [2.05, 4.69) is 6.58 Å². The number of amides is 2. The lowest BCUT2D eigenvalue weighted by Crippen LogP contribution is -2.32. The van der Waals surface area contributed by atoms with Crippen LogP contribution in [-0.4, -0.2) is 41.8 Å². The highest BCUT2D eigenvalue weighted by molar-refractivity contribution is 5.78. The Labute approximate surface area is 91.5 Å². The summed E-state index contributed by atoms with van der Waals surface area (Å²) in [6.07, 6.45) is 2.79. The molecule has 0 spiro atoms. The maximum absolute atomic E-state index is 11.6. The number of carbonyl (C=O) groups is 2. The monoisotopic (exact) mass is 212 g/mol. The van der Waals surface area contributed by atoms with Crippen molar-refractivity contribution >= 4 is 11.8 Å². The van der Waals surface area contributed by atoms with Gasteiger partial charge in [-0.3, -0.25) is 9.59 Å². The second kappa shape index (κ2) is 7.04. The zero-order valence-corrected chi connectivity index (χ0v) is 9.82. The summed E-state index contributed by atoms with van der Waals surface area (Å²) in [7, 11) is 1.69. The van der Waals surface area contributed by atoms with Crippen molar-refractivity contribution in [2.75, 3.05) is 20.1 Å². The van der Waals surface area contributed by atoms with Gasteiger partial charge in [-0.25, -0.2) is 0 Å². The van der Waals surface area contributed by atoms with Gasteiger partial charge in [0.05, 0.1) is 0 Å². The summed E-state index contributed by atoms with van der Waals surface area (Å²) in [6, 6.07) is 0. The highest BCUT2D eigenvalue weighted by Crippen LogP contribution is 1.98. The van der Waals surface area contributed by atoms with Gasteiger partial charge in [-0.15, -0.1) is 0 Å². The van der Waals surface area contributed by atoms with Crippen molar-refractivity contribution in [3.05, 3.63) is 12.8 Å². The number of nitrogens with zero attached hydrogens (tertiary/aromatic N) is 2. The van der Waals surface area contributed by atoms with Gasteiger partial charge in [0.2, 0.25) is 11.8 Å². The second-order valence-corrected chi connectivity index (χ2v) is 3.46. The third-order valence-electron chi connectivity index (χ3n) is 2.20. The Morgan fingerprint density at radius 1 is 1.33 bits per heavy atom. The van der Waals surface area contributed by atoms with Gasteiger partial charge in [0.15, 0.2) is 0 Å². The Bertz CT molecular complexity index is 239. The molecule has 0 rings (SSSR count). The summed E-state index contributed by atoms with van der Waals surface area (Å²) >= 11 is 0. The molecular weight excluding hydrogens is 192 g/mol. The maximum Gasteiger partial charge on any atom is 0.228 e. The predicted molar refractivity (Wildman–Crippen MR) is 60.1 cm³/mol. The Hall–Kier alpha value is -1.32. The predicted octanol–water partition coefficient (Wildman–Crippen LogP) is 1.24. The van der Waals surface area contributed by atoms with Crippen LogP contribution >= 0.6 is 0 Å². The molecule has 0 aromatic heterocycles. The van der Waals surface area contributed by atoms with Crippen LogP contribution in [0.2, 0.25) is 0 Å². The maximum atomic E-state index is 11.6. The van der Waals surface area contributed by atoms with Gasteiger partial charge in [-0.2, -0.15) is 0 Å². The van der Waals surface area contributed by atoms with Crippen molar-refractivity contribution in [1.29, 1.82) is 0 Å². The van der Waals surface area contributed by atoms with Crippen molar-refractivity contribution in [3.63, 3.8) is 0 Å². The molecule has 0 aliphatic heterocycles. The standard InChI is InChI=1S/C11H20N2O2/c1-5-8-13(6-2)11(15)7-9-12(4)10(3)14/h6H,2,5,7-9H2,1,3-4H3. The first-order chi connectivity index (χ1) is 7.02. The first kappa shape index (κ1) is 13.7. The van der Waals surface area contributed by atoms with E-state index in [4.69, 9.17) is 0 Å². The smallest absolute Gasteiger partial charge is 0.228 e. The Morgan fingerprint density at radius 2 is 1.93 bits per heavy atom. The lowest BCUT2D eigenvalue weighted by molar-refractivity contribution is -0.131. The van der Waals surface area contributed by atoms with Crippen LogP contribution in [0.5, 0.6) is 0 Å². The summed E-state index contributed by atoms with van der Waals surface area (Å²) in [4.78, 5) is 25.6. The SMILES string of the molecule is C=CN(CCC)C(=O)CCN(C)C(C)=O. The topological polar surface area (TPSA) is 40.6 Å². The van der Waals surface area contributed by atoms with E-state index in [9.17, 15) is 9.59 Å². The molecule has 0 heterocycles. The normalized spacial score (nSPS) is 9.53. The molecule has 0 aromatic rings. The van der Waals surface area contributed by atoms with E-state index in [1.165, 1.54) is 11.8 Å². The van der Waals surface area contributed by atoms with Crippen LogP contribution in [-0.2, 0) is 9.59 Å².